The molecule has 0 aliphatic carbocycles. The first kappa shape index (κ1) is 16.6. The topological polar surface area (TPSA) is 46.6 Å². The number of carbonyl (C=O) groups excluding carboxylic acids is 2. The van der Waals surface area contributed by atoms with E-state index in [-0.39, 0.29) is 18.1 Å². The van der Waals surface area contributed by atoms with E-state index in [1.54, 1.807) is 18.4 Å². The van der Waals surface area contributed by atoms with Gasteiger partial charge < -0.3 is 9.64 Å². The predicted octanol–water partition coefficient (Wildman–Crippen LogP) is 3.47. The van der Waals surface area contributed by atoms with Crippen molar-refractivity contribution < 1.29 is 18.7 Å². The largest absolute Gasteiger partial charge is 0.452 e. The highest BCUT2D eigenvalue weighted by Gasteiger charge is 2.16. The fourth-order valence-electron chi connectivity index (χ4n) is 1.71. The van der Waals surface area contributed by atoms with Gasteiger partial charge in [-0.1, -0.05) is 0 Å². The molecule has 0 unspecified atom stereocenters. The maximum atomic E-state index is 13.1. The normalized spacial score (nSPS) is 10.3. The monoisotopic (exact) mass is 385 g/mol. The number of hydrogen-bond donors (Lipinski definition) is 0. The van der Waals surface area contributed by atoms with Crippen LogP contribution in [0.1, 0.15) is 15.9 Å². The van der Waals surface area contributed by atoms with Crippen molar-refractivity contribution in [3.05, 3.63) is 56.4 Å². The Kier molecular flexibility index (Phi) is 5.68. The zero-order valence-electron chi connectivity index (χ0n) is 11.7. The van der Waals surface area contributed by atoms with Crippen LogP contribution < -0.4 is 0 Å². The van der Waals surface area contributed by atoms with Crippen LogP contribution in [0, 0.1) is 5.82 Å². The average Bonchev–Trinajstić information content (AvgIpc) is 2.99. The summed E-state index contributed by atoms with van der Waals surface area (Å²) < 4.78 is 18.5. The van der Waals surface area contributed by atoms with Gasteiger partial charge in [0.25, 0.3) is 5.91 Å². The molecule has 4 nitrogen and oxygen atoms in total. The molecule has 7 heteroatoms. The number of nitrogens with zero attached hydrogens (tertiary/aromatic N) is 1. The van der Waals surface area contributed by atoms with E-state index < -0.39 is 11.8 Å². The first-order chi connectivity index (χ1) is 10.5. The molecule has 116 valence electrons. The number of thiophene rings is 1. The predicted molar refractivity (Wildman–Crippen MR) is 85.2 cm³/mol. The first-order valence-corrected chi connectivity index (χ1v) is 8.08. The highest BCUT2D eigenvalue weighted by molar-refractivity contribution is 9.10. The molecule has 0 fully saturated rings. The molecule has 0 aliphatic rings. The number of likely N-dealkylation sites (N-methyl/N-ethyl adjacent to an activating group) is 1. The summed E-state index contributed by atoms with van der Waals surface area (Å²) in [4.78, 5) is 25.3. The highest BCUT2D eigenvalue weighted by Crippen LogP contribution is 2.18. The van der Waals surface area contributed by atoms with E-state index >= 15 is 0 Å². The van der Waals surface area contributed by atoms with Gasteiger partial charge in [-0.3, -0.25) is 4.79 Å². The smallest absolute Gasteiger partial charge is 0.339 e. The van der Waals surface area contributed by atoms with E-state index in [9.17, 15) is 14.0 Å². The van der Waals surface area contributed by atoms with Crippen molar-refractivity contribution in [1.29, 1.82) is 0 Å². The fourth-order valence-corrected chi connectivity index (χ4v) is 2.78. The maximum absolute atomic E-state index is 13.1. The number of benzene rings is 1. The Morgan fingerprint density at radius 1 is 1.36 bits per heavy atom. The van der Waals surface area contributed by atoms with Gasteiger partial charge in [0.2, 0.25) is 0 Å². The number of hydrogen-bond acceptors (Lipinski definition) is 4. The van der Waals surface area contributed by atoms with Crippen molar-refractivity contribution in [2.24, 2.45) is 0 Å². The maximum Gasteiger partial charge on any atom is 0.339 e. The first-order valence-electron chi connectivity index (χ1n) is 6.34. The zero-order chi connectivity index (χ0) is 16.1. The summed E-state index contributed by atoms with van der Waals surface area (Å²) in [6, 6.07) is 5.62. The molecular formula is C15H13BrFNO3S. The van der Waals surface area contributed by atoms with Gasteiger partial charge in [-0.2, -0.15) is 11.3 Å². The van der Waals surface area contributed by atoms with Crippen LogP contribution >= 0.6 is 27.3 Å². The number of halogens is 2. The Morgan fingerprint density at radius 2 is 2.14 bits per heavy atom. The number of rotatable bonds is 5. The summed E-state index contributed by atoms with van der Waals surface area (Å²) in [6.45, 7) is 0.0615. The third kappa shape index (κ3) is 4.38. The van der Waals surface area contributed by atoms with Crippen LogP contribution in [-0.2, 0) is 16.1 Å². The quantitative estimate of drug-likeness (QED) is 0.740. The van der Waals surface area contributed by atoms with E-state index in [4.69, 9.17) is 4.74 Å². The molecule has 0 aliphatic heterocycles. The summed E-state index contributed by atoms with van der Waals surface area (Å²) in [7, 11) is 1.63. The third-order valence-electron chi connectivity index (χ3n) is 2.90. The molecule has 0 spiro atoms. The molecule has 2 aromatic rings. The zero-order valence-corrected chi connectivity index (χ0v) is 14.1. The van der Waals surface area contributed by atoms with Crippen molar-refractivity contribution in [2.75, 3.05) is 13.7 Å². The Bertz CT molecular complexity index is 675. The van der Waals surface area contributed by atoms with Gasteiger partial charge in [-0.25, -0.2) is 9.18 Å². The molecule has 0 bridgehead atoms. The molecule has 1 aromatic heterocycles. The molecule has 1 aromatic carbocycles. The van der Waals surface area contributed by atoms with Gasteiger partial charge in [-0.05, 0) is 56.5 Å². The number of carbonyl (C=O) groups is 2. The van der Waals surface area contributed by atoms with Crippen LogP contribution in [0.15, 0.2) is 39.5 Å². The van der Waals surface area contributed by atoms with Crippen molar-refractivity contribution in [3.63, 3.8) is 0 Å². The van der Waals surface area contributed by atoms with Gasteiger partial charge in [0.05, 0.1) is 5.56 Å². The van der Waals surface area contributed by atoms with Crippen molar-refractivity contribution in [3.8, 4) is 0 Å². The Balaban J connectivity index is 1.90. The van der Waals surface area contributed by atoms with E-state index in [1.807, 2.05) is 16.8 Å². The summed E-state index contributed by atoms with van der Waals surface area (Å²) in [5.41, 5.74) is 1.06. The molecule has 0 N–H and O–H groups in total. The molecule has 1 heterocycles. The lowest BCUT2D eigenvalue weighted by Gasteiger charge is -2.16. The van der Waals surface area contributed by atoms with Gasteiger partial charge in [-0.15, -0.1) is 0 Å². The van der Waals surface area contributed by atoms with Crippen LogP contribution in [0.25, 0.3) is 0 Å². The minimum Gasteiger partial charge on any atom is -0.452 e. The van der Waals surface area contributed by atoms with E-state index in [2.05, 4.69) is 15.9 Å². The molecule has 2 rings (SSSR count). The number of ether oxygens (including phenoxy) is 1. The van der Waals surface area contributed by atoms with Gasteiger partial charge in [0.15, 0.2) is 6.61 Å². The fraction of sp³-hybridized carbons (Fsp3) is 0.200. The van der Waals surface area contributed by atoms with Gasteiger partial charge >= 0.3 is 5.97 Å². The van der Waals surface area contributed by atoms with Crippen LogP contribution in [0.5, 0.6) is 0 Å². The van der Waals surface area contributed by atoms with Crippen LogP contribution in [0.3, 0.4) is 0 Å². The molecule has 0 saturated carbocycles. The van der Waals surface area contributed by atoms with Crippen molar-refractivity contribution in [2.45, 2.75) is 6.54 Å². The second kappa shape index (κ2) is 7.51. The molecule has 0 saturated heterocycles. The molecule has 0 atom stereocenters. The minimum absolute atomic E-state index is 0.0493. The second-order valence-corrected chi connectivity index (χ2v) is 6.22. The standard InChI is InChI=1S/C15H13BrFNO3S/c1-18(7-10-4-5-22-9-10)14(19)8-21-15(20)12-6-11(17)2-3-13(12)16/h2-6,9H,7-8H2,1H3. The van der Waals surface area contributed by atoms with Gasteiger partial charge in [0.1, 0.15) is 5.82 Å². The Morgan fingerprint density at radius 3 is 2.82 bits per heavy atom. The van der Waals surface area contributed by atoms with E-state index in [0.717, 1.165) is 11.6 Å². The average molecular weight is 386 g/mol. The number of esters is 1. The Labute approximate surface area is 139 Å². The van der Waals surface area contributed by atoms with Crippen LogP contribution in [-0.4, -0.2) is 30.4 Å². The molecule has 22 heavy (non-hydrogen) atoms. The third-order valence-corrected chi connectivity index (χ3v) is 4.32. The van der Waals surface area contributed by atoms with Crippen LogP contribution in [0.4, 0.5) is 4.39 Å². The van der Waals surface area contributed by atoms with E-state index in [0.29, 0.717) is 11.0 Å². The molecule has 0 radical (unpaired) electrons. The lowest BCUT2D eigenvalue weighted by atomic mass is 10.2. The van der Waals surface area contributed by atoms with Crippen molar-refractivity contribution in [1.82, 2.24) is 4.90 Å². The lowest BCUT2D eigenvalue weighted by Crippen LogP contribution is -2.30. The molecular weight excluding hydrogens is 373 g/mol. The van der Waals surface area contributed by atoms with Crippen LogP contribution in [0.2, 0.25) is 0 Å². The highest BCUT2D eigenvalue weighted by atomic mass is 79.9. The SMILES string of the molecule is CN(Cc1ccsc1)C(=O)COC(=O)c1cc(F)ccc1Br. The minimum atomic E-state index is -0.747. The summed E-state index contributed by atoms with van der Waals surface area (Å²) in [6.07, 6.45) is 0. The van der Waals surface area contributed by atoms with Gasteiger partial charge in [0, 0.05) is 18.1 Å². The number of amides is 1. The second-order valence-electron chi connectivity index (χ2n) is 4.58. The lowest BCUT2D eigenvalue weighted by molar-refractivity contribution is -0.133. The summed E-state index contributed by atoms with van der Waals surface area (Å²) in [5.74, 6) is -1.62. The summed E-state index contributed by atoms with van der Waals surface area (Å²) >= 11 is 4.69. The van der Waals surface area contributed by atoms with E-state index in [1.165, 1.54) is 17.0 Å². The molecule has 1 amide bonds. The Hall–Kier alpha value is -1.73. The summed E-state index contributed by atoms with van der Waals surface area (Å²) in [5, 5.41) is 3.87. The van der Waals surface area contributed by atoms with Crippen molar-refractivity contribution >= 4 is 39.1 Å².